The van der Waals surface area contributed by atoms with Crippen molar-refractivity contribution in [2.45, 2.75) is 12.3 Å². The molecule has 0 aliphatic rings. The average Bonchev–Trinajstić information content (AvgIpc) is 2.38. The predicted molar refractivity (Wildman–Crippen MR) is 86.1 cm³/mol. The maximum Gasteiger partial charge on any atom is 0.0408 e. The van der Waals surface area contributed by atoms with Gasteiger partial charge in [0, 0.05) is 14.5 Å². The minimum absolute atomic E-state index is 0.323. The van der Waals surface area contributed by atoms with Gasteiger partial charge in [-0.15, -0.1) is 0 Å². The molecule has 3 heteroatoms. The quantitative estimate of drug-likeness (QED) is 0.800. The highest BCUT2D eigenvalue weighted by atomic mass is 127. The molecule has 2 aromatic carbocycles. The molecule has 0 saturated heterocycles. The molecular weight excluding hydrogens is 357 g/mol. The minimum atomic E-state index is 0.323. The first kappa shape index (κ1) is 13.8. The third-order valence-electron chi connectivity index (χ3n) is 3.00. The number of hydrogen-bond donors (Lipinski definition) is 1. The maximum atomic E-state index is 6.03. The normalized spacial score (nSPS) is 12.4. The predicted octanol–water partition coefficient (Wildman–Crippen LogP) is 4.23. The van der Waals surface area contributed by atoms with Gasteiger partial charge in [-0.05, 0) is 70.9 Å². The molecule has 0 spiro atoms. The fourth-order valence-electron chi connectivity index (χ4n) is 2.00. The second-order valence-electron chi connectivity index (χ2n) is 4.32. The van der Waals surface area contributed by atoms with Gasteiger partial charge in [-0.3, -0.25) is 0 Å². The van der Waals surface area contributed by atoms with E-state index in [0.29, 0.717) is 12.5 Å². The smallest absolute Gasteiger partial charge is 0.0408 e. The summed E-state index contributed by atoms with van der Waals surface area (Å²) in [5.41, 5.74) is 8.41. The molecule has 0 saturated carbocycles. The lowest BCUT2D eigenvalue weighted by atomic mass is 9.92. The van der Waals surface area contributed by atoms with Crippen molar-refractivity contribution in [3.8, 4) is 0 Å². The van der Waals surface area contributed by atoms with Crippen LogP contribution < -0.4 is 5.73 Å². The Labute approximate surface area is 126 Å². The van der Waals surface area contributed by atoms with E-state index in [9.17, 15) is 0 Å². The SMILES string of the molecule is NCC(Cc1ccc(I)cc1)c1cccc(Cl)c1. The number of hydrogen-bond acceptors (Lipinski definition) is 1. The molecular formula is C15H15ClIN. The molecule has 18 heavy (non-hydrogen) atoms. The number of halogens is 2. The van der Waals surface area contributed by atoms with E-state index in [4.69, 9.17) is 17.3 Å². The average molecular weight is 372 g/mol. The van der Waals surface area contributed by atoms with E-state index in [-0.39, 0.29) is 0 Å². The Morgan fingerprint density at radius 3 is 2.44 bits per heavy atom. The Bertz CT molecular complexity index is 510. The van der Waals surface area contributed by atoms with E-state index in [1.54, 1.807) is 0 Å². The van der Waals surface area contributed by atoms with Gasteiger partial charge in [-0.1, -0.05) is 35.9 Å². The zero-order valence-corrected chi connectivity index (χ0v) is 12.9. The van der Waals surface area contributed by atoms with Gasteiger partial charge in [0.2, 0.25) is 0 Å². The maximum absolute atomic E-state index is 6.03. The monoisotopic (exact) mass is 371 g/mol. The van der Waals surface area contributed by atoms with Crippen molar-refractivity contribution in [2.24, 2.45) is 5.73 Å². The van der Waals surface area contributed by atoms with Crippen LogP contribution >= 0.6 is 34.2 Å². The minimum Gasteiger partial charge on any atom is -0.330 e. The van der Waals surface area contributed by atoms with Crippen molar-refractivity contribution in [1.29, 1.82) is 0 Å². The summed E-state index contributed by atoms with van der Waals surface area (Å²) in [7, 11) is 0. The van der Waals surface area contributed by atoms with Crippen LogP contribution in [0.25, 0.3) is 0 Å². The molecule has 0 amide bonds. The van der Waals surface area contributed by atoms with Crippen molar-refractivity contribution < 1.29 is 0 Å². The van der Waals surface area contributed by atoms with Crippen LogP contribution in [0.3, 0.4) is 0 Å². The van der Waals surface area contributed by atoms with Gasteiger partial charge < -0.3 is 5.73 Å². The molecule has 2 N–H and O–H groups in total. The highest BCUT2D eigenvalue weighted by Crippen LogP contribution is 2.23. The van der Waals surface area contributed by atoms with E-state index in [1.165, 1.54) is 14.7 Å². The summed E-state index contributed by atoms with van der Waals surface area (Å²) in [6.07, 6.45) is 0.952. The standard InChI is InChI=1S/C15H15ClIN/c16-14-3-1-2-12(9-14)13(10-18)8-11-4-6-15(17)7-5-11/h1-7,9,13H,8,10,18H2. The fourth-order valence-corrected chi connectivity index (χ4v) is 2.56. The highest BCUT2D eigenvalue weighted by Gasteiger charge is 2.11. The Morgan fingerprint density at radius 2 is 1.83 bits per heavy atom. The lowest BCUT2D eigenvalue weighted by Gasteiger charge is -2.15. The van der Waals surface area contributed by atoms with E-state index in [0.717, 1.165) is 11.4 Å². The van der Waals surface area contributed by atoms with Crippen LogP contribution in [0.4, 0.5) is 0 Å². The van der Waals surface area contributed by atoms with Crippen LogP contribution in [-0.4, -0.2) is 6.54 Å². The van der Waals surface area contributed by atoms with E-state index in [1.807, 2.05) is 18.2 Å². The highest BCUT2D eigenvalue weighted by molar-refractivity contribution is 14.1. The van der Waals surface area contributed by atoms with Crippen LogP contribution in [0, 0.1) is 3.57 Å². The lowest BCUT2D eigenvalue weighted by molar-refractivity contribution is 0.694. The first-order chi connectivity index (χ1) is 8.69. The van der Waals surface area contributed by atoms with Gasteiger partial charge >= 0.3 is 0 Å². The Kier molecular flexibility index (Phi) is 5.03. The van der Waals surface area contributed by atoms with E-state index in [2.05, 4.69) is 52.9 Å². The van der Waals surface area contributed by atoms with Gasteiger partial charge in [0.1, 0.15) is 0 Å². The Morgan fingerprint density at radius 1 is 1.11 bits per heavy atom. The topological polar surface area (TPSA) is 26.0 Å². The number of nitrogens with two attached hydrogens (primary N) is 1. The molecule has 0 heterocycles. The Balaban J connectivity index is 2.17. The summed E-state index contributed by atoms with van der Waals surface area (Å²) in [6, 6.07) is 16.5. The molecule has 0 bridgehead atoms. The second kappa shape index (κ2) is 6.55. The van der Waals surface area contributed by atoms with Gasteiger partial charge in [0.25, 0.3) is 0 Å². The van der Waals surface area contributed by atoms with Gasteiger partial charge in [0.05, 0.1) is 0 Å². The summed E-state index contributed by atoms with van der Waals surface area (Å²) in [5.74, 6) is 0.323. The molecule has 94 valence electrons. The van der Waals surface area contributed by atoms with Crippen LogP contribution in [0.5, 0.6) is 0 Å². The molecule has 0 aliphatic heterocycles. The molecule has 0 aliphatic carbocycles. The van der Waals surface area contributed by atoms with Crippen molar-refractivity contribution >= 4 is 34.2 Å². The van der Waals surface area contributed by atoms with Gasteiger partial charge in [-0.2, -0.15) is 0 Å². The third kappa shape index (κ3) is 3.70. The lowest BCUT2D eigenvalue weighted by Crippen LogP contribution is -2.15. The summed E-state index contributed by atoms with van der Waals surface area (Å²) in [4.78, 5) is 0. The molecule has 1 unspecified atom stereocenters. The van der Waals surface area contributed by atoms with E-state index >= 15 is 0 Å². The summed E-state index contributed by atoms with van der Waals surface area (Å²) >= 11 is 8.34. The summed E-state index contributed by atoms with van der Waals surface area (Å²) in [5, 5.41) is 0.772. The van der Waals surface area contributed by atoms with Crippen LogP contribution in [0.1, 0.15) is 17.0 Å². The number of benzene rings is 2. The largest absolute Gasteiger partial charge is 0.330 e. The Hall–Kier alpha value is -0.580. The summed E-state index contributed by atoms with van der Waals surface area (Å²) in [6.45, 7) is 0.631. The van der Waals surface area contributed by atoms with Crippen molar-refractivity contribution in [3.63, 3.8) is 0 Å². The molecule has 0 aromatic heterocycles. The van der Waals surface area contributed by atoms with E-state index < -0.39 is 0 Å². The first-order valence-electron chi connectivity index (χ1n) is 5.89. The summed E-state index contributed by atoms with van der Waals surface area (Å²) < 4.78 is 1.25. The molecule has 1 nitrogen and oxygen atoms in total. The molecule has 2 aromatic rings. The van der Waals surface area contributed by atoms with Crippen LogP contribution in [0.2, 0.25) is 5.02 Å². The fraction of sp³-hybridized carbons (Fsp3) is 0.200. The molecule has 0 radical (unpaired) electrons. The second-order valence-corrected chi connectivity index (χ2v) is 6.00. The molecule has 2 rings (SSSR count). The van der Waals surface area contributed by atoms with Crippen LogP contribution in [-0.2, 0) is 6.42 Å². The molecule has 0 fully saturated rings. The van der Waals surface area contributed by atoms with Crippen molar-refractivity contribution in [1.82, 2.24) is 0 Å². The molecule has 1 atom stereocenters. The van der Waals surface area contributed by atoms with Crippen LogP contribution in [0.15, 0.2) is 48.5 Å². The van der Waals surface area contributed by atoms with Crippen molar-refractivity contribution in [3.05, 3.63) is 68.3 Å². The van der Waals surface area contributed by atoms with Gasteiger partial charge in [-0.25, -0.2) is 0 Å². The van der Waals surface area contributed by atoms with Gasteiger partial charge in [0.15, 0.2) is 0 Å². The number of rotatable bonds is 4. The third-order valence-corrected chi connectivity index (χ3v) is 3.95. The zero-order chi connectivity index (χ0) is 13.0. The first-order valence-corrected chi connectivity index (χ1v) is 7.34. The van der Waals surface area contributed by atoms with Crippen molar-refractivity contribution in [2.75, 3.05) is 6.54 Å². The zero-order valence-electron chi connectivity index (χ0n) is 9.94.